The molecule has 0 saturated carbocycles. The van der Waals surface area contributed by atoms with Gasteiger partial charge < -0.3 is 10.5 Å². The van der Waals surface area contributed by atoms with E-state index in [1.807, 2.05) is 0 Å². The maximum atomic E-state index is 11.1. The predicted molar refractivity (Wildman–Crippen MR) is 53.5 cm³/mol. The molecule has 0 aliphatic heterocycles. The minimum Gasteiger partial charge on any atom is -0.382 e. The second-order valence-electron chi connectivity index (χ2n) is 2.97. The predicted octanol–water partition coefficient (Wildman–Crippen LogP) is 0.200. The number of hydrogen-bond acceptors (Lipinski definition) is 4. The van der Waals surface area contributed by atoms with Crippen LogP contribution < -0.4 is 11.2 Å². The lowest BCUT2D eigenvalue weighted by Gasteiger charge is -2.04. The molecule has 0 aromatic heterocycles. The van der Waals surface area contributed by atoms with Gasteiger partial charge in [-0.2, -0.15) is 0 Å². The molecular formula is C9H20N2O3. The van der Waals surface area contributed by atoms with E-state index in [4.69, 9.17) is 15.3 Å². The van der Waals surface area contributed by atoms with Crippen LogP contribution in [0.3, 0.4) is 0 Å². The second kappa shape index (κ2) is 10.4. The van der Waals surface area contributed by atoms with Gasteiger partial charge in [0, 0.05) is 13.5 Å². The van der Waals surface area contributed by atoms with Gasteiger partial charge in [0.1, 0.15) is 0 Å². The van der Waals surface area contributed by atoms with E-state index in [1.165, 1.54) is 0 Å². The topological polar surface area (TPSA) is 73.6 Å². The molecule has 0 bridgehead atoms. The third-order valence-electron chi connectivity index (χ3n) is 1.68. The molecule has 0 spiro atoms. The van der Waals surface area contributed by atoms with Gasteiger partial charge in [-0.25, -0.2) is 5.48 Å². The lowest BCUT2D eigenvalue weighted by atomic mass is 10.2. The van der Waals surface area contributed by atoms with Crippen molar-refractivity contribution in [3.8, 4) is 0 Å². The number of carbonyl (C=O) groups excluding carboxylic acids is 1. The Morgan fingerprint density at radius 2 is 2.07 bits per heavy atom. The standard InChI is InChI=1S/C9H20N2O3/c1-13-7-8-14-11-9(12)5-3-2-4-6-10/h2-8,10H2,1H3,(H,11,12). The SMILES string of the molecule is COCCONC(=O)CCCCCN. The molecule has 0 aliphatic carbocycles. The number of hydrogen-bond donors (Lipinski definition) is 2. The fourth-order valence-electron chi connectivity index (χ4n) is 0.914. The smallest absolute Gasteiger partial charge is 0.243 e. The van der Waals surface area contributed by atoms with Crippen molar-refractivity contribution in [1.82, 2.24) is 5.48 Å². The van der Waals surface area contributed by atoms with Crippen LogP contribution in [0.1, 0.15) is 25.7 Å². The number of nitrogens with two attached hydrogens (primary N) is 1. The van der Waals surface area contributed by atoms with Gasteiger partial charge in [0.15, 0.2) is 0 Å². The van der Waals surface area contributed by atoms with Crippen LogP contribution in [0.4, 0.5) is 0 Å². The van der Waals surface area contributed by atoms with Gasteiger partial charge in [-0.1, -0.05) is 6.42 Å². The van der Waals surface area contributed by atoms with Gasteiger partial charge in [0.05, 0.1) is 13.2 Å². The zero-order valence-electron chi connectivity index (χ0n) is 8.75. The van der Waals surface area contributed by atoms with Crippen molar-refractivity contribution in [2.45, 2.75) is 25.7 Å². The summed E-state index contributed by atoms with van der Waals surface area (Å²) in [5.41, 5.74) is 7.66. The highest BCUT2D eigenvalue weighted by molar-refractivity contribution is 5.74. The van der Waals surface area contributed by atoms with Crippen molar-refractivity contribution in [3.05, 3.63) is 0 Å². The molecule has 0 radical (unpaired) electrons. The van der Waals surface area contributed by atoms with Crippen LogP contribution in [0.25, 0.3) is 0 Å². The van der Waals surface area contributed by atoms with Gasteiger partial charge in [0.25, 0.3) is 0 Å². The van der Waals surface area contributed by atoms with E-state index in [0.717, 1.165) is 19.3 Å². The van der Waals surface area contributed by atoms with E-state index in [1.54, 1.807) is 7.11 Å². The first kappa shape index (κ1) is 13.4. The molecule has 1 amide bonds. The summed E-state index contributed by atoms with van der Waals surface area (Å²) in [6, 6.07) is 0. The minimum atomic E-state index is -0.0851. The highest BCUT2D eigenvalue weighted by Gasteiger charge is 1.99. The molecule has 0 saturated heterocycles. The zero-order chi connectivity index (χ0) is 10.6. The summed E-state index contributed by atoms with van der Waals surface area (Å²) in [6.45, 7) is 1.55. The Balaban J connectivity index is 3.11. The first-order chi connectivity index (χ1) is 6.81. The molecule has 5 nitrogen and oxygen atoms in total. The van der Waals surface area contributed by atoms with Crippen molar-refractivity contribution in [1.29, 1.82) is 0 Å². The Morgan fingerprint density at radius 3 is 2.71 bits per heavy atom. The van der Waals surface area contributed by atoms with Gasteiger partial charge in [-0.3, -0.25) is 9.63 Å². The van der Waals surface area contributed by atoms with Gasteiger partial charge in [-0.15, -0.1) is 0 Å². The van der Waals surface area contributed by atoms with Crippen molar-refractivity contribution >= 4 is 5.91 Å². The van der Waals surface area contributed by atoms with Crippen molar-refractivity contribution in [2.24, 2.45) is 5.73 Å². The lowest BCUT2D eigenvalue weighted by Crippen LogP contribution is -2.25. The quantitative estimate of drug-likeness (QED) is 0.415. The third kappa shape index (κ3) is 9.44. The summed E-state index contributed by atoms with van der Waals surface area (Å²) in [6.07, 6.45) is 3.31. The molecule has 0 aromatic rings. The summed E-state index contributed by atoms with van der Waals surface area (Å²) in [7, 11) is 1.58. The van der Waals surface area contributed by atoms with Crippen LogP contribution in [0.2, 0.25) is 0 Å². The van der Waals surface area contributed by atoms with Gasteiger partial charge >= 0.3 is 0 Å². The first-order valence-corrected chi connectivity index (χ1v) is 4.91. The maximum absolute atomic E-state index is 11.1. The fraction of sp³-hybridized carbons (Fsp3) is 0.889. The molecule has 3 N–H and O–H groups in total. The molecule has 0 unspecified atom stereocenters. The molecule has 0 fully saturated rings. The highest BCUT2D eigenvalue weighted by atomic mass is 16.7. The summed E-state index contributed by atoms with van der Waals surface area (Å²) in [5, 5.41) is 0. The van der Waals surface area contributed by atoms with Crippen molar-refractivity contribution < 1.29 is 14.4 Å². The molecule has 0 atom stereocenters. The molecule has 84 valence electrons. The molecule has 5 heteroatoms. The van der Waals surface area contributed by atoms with Crippen LogP contribution in [-0.4, -0.2) is 32.8 Å². The van der Waals surface area contributed by atoms with Gasteiger partial charge in [-0.05, 0) is 19.4 Å². The number of methoxy groups -OCH3 is 1. The summed E-state index contributed by atoms with van der Waals surface area (Å²) in [5.74, 6) is -0.0851. The number of ether oxygens (including phenoxy) is 1. The van der Waals surface area contributed by atoms with Crippen LogP contribution in [0.5, 0.6) is 0 Å². The largest absolute Gasteiger partial charge is 0.382 e. The number of nitrogens with one attached hydrogen (secondary N) is 1. The number of carbonyl (C=O) groups is 1. The lowest BCUT2D eigenvalue weighted by molar-refractivity contribution is -0.134. The van der Waals surface area contributed by atoms with Crippen LogP contribution in [0, 0.1) is 0 Å². The number of hydroxylamine groups is 1. The van der Waals surface area contributed by atoms with Crippen LogP contribution in [-0.2, 0) is 14.4 Å². The molecule has 0 heterocycles. The Hall–Kier alpha value is -0.650. The maximum Gasteiger partial charge on any atom is 0.243 e. The van der Waals surface area contributed by atoms with E-state index in [9.17, 15) is 4.79 Å². The molecule has 14 heavy (non-hydrogen) atoms. The van der Waals surface area contributed by atoms with E-state index < -0.39 is 0 Å². The number of rotatable bonds is 9. The van der Waals surface area contributed by atoms with E-state index in [-0.39, 0.29) is 5.91 Å². The van der Waals surface area contributed by atoms with E-state index in [2.05, 4.69) is 5.48 Å². The summed E-state index contributed by atoms with van der Waals surface area (Å²) in [4.78, 5) is 15.9. The number of amides is 1. The highest BCUT2D eigenvalue weighted by Crippen LogP contribution is 1.97. The molecule has 0 aromatic carbocycles. The van der Waals surface area contributed by atoms with E-state index >= 15 is 0 Å². The zero-order valence-corrected chi connectivity index (χ0v) is 8.75. The number of unbranched alkanes of at least 4 members (excludes halogenated alkanes) is 2. The normalized spacial score (nSPS) is 10.1. The first-order valence-electron chi connectivity index (χ1n) is 4.91. The van der Waals surface area contributed by atoms with E-state index in [0.29, 0.717) is 26.2 Å². The van der Waals surface area contributed by atoms with Crippen LogP contribution in [0.15, 0.2) is 0 Å². The molecular weight excluding hydrogens is 184 g/mol. The Bertz CT molecular complexity index is 128. The Labute approximate surface area is 84.9 Å². The fourth-order valence-corrected chi connectivity index (χ4v) is 0.914. The summed E-state index contributed by atoms with van der Waals surface area (Å²) < 4.78 is 4.75. The summed E-state index contributed by atoms with van der Waals surface area (Å²) >= 11 is 0. The molecule has 0 rings (SSSR count). The Kier molecular flexibility index (Phi) is 9.95. The van der Waals surface area contributed by atoms with Crippen LogP contribution >= 0.6 is 0 Å². The van der Waals surface area contributed by atoms with Crippen molar-refractivity contribution in [3.63, 3.8) is 0 Å². The monoisotopic (exact) mass is 204 g/mol. The third-order valence-corrected chi connectivity index (χ3v) is 1.68. The minimum absolute atomic E-state index is 0.0851. The Morgan fingerprint density at radius 1 is 1.29 bits per heavy atom. The average Bonchev–Trinajstić information content (AvgIpc) is 2.19. The molecule has 0 aliphatic rings. The van der Waals surface area contributed by atoms with Crippen molar-refractivity contribution in [2.75, 3.05) is 26.9 Å². The second-order valence-corrected chi connectivity index (χ2v) is 2.97. The average molecular weight is 204 g/mol. The van der Waals surface area contributed by atoms with Gasteiger partial charge in [0.2, 0.25) is 5.91 Å².